The van der Waals surface area contributed by atoms with Gasteiger partial charge in [0.05, 0.1) is 17.8 Å². The van der Waals surface area contributed by atoms with Crippen molar-refractivity contribution in [3.05, 3.63) is 48.3 Å². The number of amides is 1. The van der Waals surface area contributed by atoms with Gasteiger partial charge < -0.3 is 10.6 Å². The molecular weight excluding hydrogens is 308 g/mol. The number of benzene rings is 1. The maximum Gasteiger partial charge on any atom is 0.227 e. The Morgan fingerprint density at radius 3 is 2.65 bits per heavy atom. The van der Waals surface area contributed by atoms with E-state index in [1.54, 1.807) is 31.2 Å². The molecule has 0 aliphatic rings. The van der Waals surface area contributed by atoms with Crippen LogP contribution in [0.3, 0.4) is 0 Å². The van der Waals surface area contributed by atoms with Gasteiger partial charge in [-0.2, -0.15) is 0 Å². The number of carbonyl (C=O) groups excluding carboxylic acids is 1. The quantitative estimate of drug-likeness (QED) is 0.764. The molecule has 0 unspecified atom stereocenters. The predicted octanol–water partition coefficient (Wildman–Crippen LogP) is 2.95. The minimum Gasteiger partial charge on any atom is -0.368 e. The molecule has 2 N–H and O–H groups in total. The molecule has 122 valence electrons. The fourth-order valence-electron chi connectivity index (χ4n) is 1.96. The number of thioether (sulfide) groups is 1. The highest BCUT2D eigenvalue weighted by molar-refractivity contribution is 7.98. The van der Waals surface area contributed by atoms with Gasteiger partial charge in [0.1, 0.15) is 10.8 Å². The summed E-state index contributed by atoms with van der Waals surface area (Å²) in [6, 6.07) is 10.2. The molecule has 0 aliphatic heterocycles. The standard InChI is InChI=1S/C17H22N4OS/c1-17(2,16(22)18-3)12-20-14-9-19-10-15(21-14)23-11-13-7-5-4-6-8-13/h4-10H,11-12H2,1-3H3,(H,18,22)(H,20,21). The summed E-state index contributed by atoms with van der Waals surface area (Å²) in [5.74, 6) is 1.52. The SMILES string of the molecule is CNC(=O)C(C)(C)CNc1cncc(SCc2ccccc2)n1. The molecule has 1 amide bonds. The smallest absolute Gasteiger partial charge is 0.227 e. The lowest BCUT2D eigenvalue weighted by Crippen LogP contribution is -2.39. The highest BCUT2D eigenvalue weighted by atomic mass is 32.2. The maximum absolute atomic E-state index is 11.8. The van der Waals surface area contributed by atoms with Crippen molar-refractivity contribution in [2.75, 3.05) is 18.9 Å². The monoisotopic (exact) mass is 330 g/mol. The molecule has 2 rings (SSSR count). The van der Waals surface area contributed by atoms with Crippen LogP contribution >= 0.6 is 11.8 Å². The Labute approximate surface area is 141 Å². The van der Waals surface area contributed by atoms with E-state index < -0.39 is 5.41 Å². The number of rotatable bonds is 7. The summed E-state index contributed by atoms with van der Waals surface area (Å²) >= 11 is 1.64. The van der Waals surface area contributed by atoms with Crippen LogP contribution in [0, 0.1) is 5.41 Å². The van der Waals surface area contributed by atoms with Crippen LogP contribution in [0.5, 0.6) is 0 Å². The summed E-state index contributed by atoms with van der Waals surface area (Å²) < 4.78 is 0. The first-order valence-corrected chi connectivity index (χ1v) is 8.44. The first-order chi connectivity index (χ1) is 11.0. The molecule has 1 aromatic carbocycles. The number of carbonyl (C=O) groups is 1. The summed E-state index contributed by atoms with van der Waals surface area (Å²) in [4.78, 5) is 20.5. The minimum absolute atomic E-state index is 0.00688. The van der Waals surface area contributed by atoms with E-state index in [9.17, 15) is 4.79 Å². The summed E-state index contributed by atoms with van der Waals surface area (Å²) in [6.07, 6.45) is 3.43. The second-order valence-electron chi connectivity index (χ2n) is 5.83. The lowest BCUT2D eigenvalue weighted by atomic mass is 9.92. The van der Waals surface area contributed by atoms with Crippen molar-refractivity contribution >= 4 is 23.5 Å². The molecule has 1 aromatic heterocycles. The van der Waals surface area contributed by atoms with E-state index in [2.05, 4.69) is 32.7 Å². The van der Waals surface area contributed by atoms with Crippen molar-refractivity contribution in [2.24, 2.45) is 5.41 Å². The van der Waals surface area contributed by atoms with Crippen LogP contribution in [-0.2, 0) is 10.5 Å². The van der Waals surface area contributed by atoms with E-state index in [0.29, 0.717) is 12.4 Å². The van der Waals surface area contributed by atoms with Gasteiger partial charge >= 0.3 is 0 Å². The van der Waals surface area contributed by atoms with Gasteiger partial charge in [-0.25, -0.2) is 4.98 Å². The molecule has 0 bridgehead atoms. The van der Waals surface area contributed by atoms with Gasteiger partial charge in [-0.3, -0.25) is 9.78 Å². The van der Waals surface area contributed by atoms with Crippen LogP contribution in [-0.4, -0.2) is 29.5 Å². The fourth-order valence-corrected chi connectivity index (χ4v) is 2.77. The zero-order valence-electron chi connectivity index (χ0n) is 13.7. The molecule has 6 heteroatoms. The summed E-state index contributed by atoms with van der Waals surface area (Å²) in [5, 5.41) is 6.72. The molecule has 0 aliphatic carbocycles. The first kappa shape index (κ1) is 17.3. The Kier molecular flexibility index (Phi) is 5.98. The average Bonchev–Trinajstić information content (AvgIpc) is 2.59. The zero-order valence-corrected chi connectivity index (χ0v) is 14.5. The maximum atomic E-state index is 11.8. The molecule has 0 spiro atoms. The number of nitrogens with zero attached hydrogens (tertiary/aromatic N) is 2. The highest BCUT2D eigenvalue weighted by Gasteiger charge is 2.26. The van der Waals surface area contributed by atoms with Crippen LogP contribution in [0.2, 0.25) is 0 Å². The third-order valence-corrected chi connectivity index (χ3v) is 4.37. The molecule has 2 aromatic rings. The molecule has 0 saturated heterocycles. The molecular formula is C17H22N4OS. The first-order valence-electron chi connectivity index (χ1n) is 7.46. The Morgan fingerprint density at radius 2 is 1.96 bits per heavy atom. The number of hydrogen-bond donors (Lipinski definition) is 2. The van der Waals surface area contributed by atoms with Crippen molar-refractivity contribution in [3.63, 3.8) is 0 Å². The minimum atomic E-state index is -0.510. The van der Waals surface area contributed by atoms with Crippen LogP contribution in [0.25, 0.3) is 0 Å². The summed E-state index contributed by atoms with van der Waals surface area (Å²) in [7, 11) is 1.64. The molecule has 0 saturated carbocycles. The van der Waals surface area contributed by atoms with Gasteiger partial charge in [0.15, 0.2) is 0 Å². The van der Waals surface area contributed by atoms with E-state index in [-0.39, 0.29) is 5.91 Å². The molecule has 0 atom stereocenters. The highest BCUT2D eigenvalue weighted by Crippen LogP contribution is 2.22. The topological polar surface area (TPSA) is 66.9 Å². The Bertz CT molecular complexity index is 646. The van der Waals surface area contributed by atoms with Gasteiger partial charge in [0, 0.05) is 19.3 Å². The number of hydrogen-bond acceptors (Lipinski definition) is 5. The van der Waals surface area contributed by atoms with Crippen LogP contribution in [0.15, 0.2) is 47.8 Å². The summed E-state index contributed by atoms with van der Waals surface area (Å²) in [5.41, 5.74) is 0.738. The third-order valence-electron chi connectivity index (χ3n) is 3.40. The summed E-state index contributed by atoms with van der Waals surface area (Å²) in [6.45, 7) is 4.27. The van der Waals surface area contributed by atoms with E-state index in [1.807, 2.05) is 32.0 Å². The Morgan fingerprint density at radius 1 is 1.22 bits per heavy atom. The van der Waals surface area contributed by atoms with Crippen LogP contribution in [0.1, 0.15) is 19.4 Å². The van der Waals surface area contributed by atoms with Crippen molar-refractivity contribution in [2.45, 2.75) is 24.6 Å². The van der Waals surface area contributed by atoms with E-state index in [4.69, 9.17) is 0 Å². The second-order valence-corrected chi connectivity index (χ2v) is 6.83. The molecule has 0 radical (unpaired) electrons. The van der Waals surface area contributed by atoms with Gasteiger partial charge in [-0.05, 0) is 19.4 Å². The van der Waals surface area contributed by atoms with E-state index in [1.165, 1.54) is 5.56 Å². The molecule has 0 fully saturated rings. The number of anilines is 1. The van der Waals surface area contributed by atoms with E-state index in [0.717, 1.165) is 10.8 Å². The third kappa shape index (κ3) is 5.25. The number of nitrogens with one attached hydrogen (secondary N) is 2. The Balaban J connectivity index is 1.93. The second kappa shape index (κ2) is 7.97. The van der Waals surface area contributed by atoms with Crippen molar-refractivity contribution in [1.29, 1.82) is 0 Å². The fraction of sp³-hybridized carbons (Fsp3) is 0.353. The average molecular weight is 330 g/mol. The zero-order chi connectivity index (χ0) is 16.7. The van der Waals surface area contributed by atoms with Crippen molar-refractivity contribution in [3.8, 4) is 0 Å². The van der Waals surface area contributed by atoms with Crippen LogP contribution in [0.4, 0.5) is 5.82 Å². The predicted molar refractivity (Wildman–Crippen MR) is 94.4 cm³/mol. The van der Waals surface area contributed by atoms with Crippen LogP contribution < -0.4 is 10.6 Å². The molecule has 23 heavy (non-hydrogen) atoms. The van der Waals surface area contributed by atoms with Gasteiger partial charge in [-0.15, -0.1) is 11.8 Å². The number of aromatic nitrogens is 2. The Hall–Kier alpha value is -2.08. The van der Waals surface area contributed by atoms with Gasteiger partial charge in [0.2, 0.25) is 5.91 Å². The van der Waals surface area contributed by atoms with Gasteiger partial charge in [0.25, 0.3) is 0 Å². The molecule has 5 nitrogen and oxygen atoms in total. The lowest BCUT2D eigenvalue weighted by Gasteiger charge is -2.23. The lowest BCUT2D eigenvalue weighted by molar-refractivity contribution is -0.128. The molecule has 1 heterocycles. The van der Waals surface area contributed by atoms with E-state index >= 15 is 0 Å². The van der Waals surface area contributed by atoms with Gasteiger partial charge in [-0.1, -0.05) is 30.3 Å². The van der Waals surface area contributed by atoms with Crippen molar-refractivity contribution < 1.29 is 4.79 Å². The normalized spacial score (nSPS) is 11.1. The van der Waals surface area contributed by atoms with Crippen molar-refractivity contribution in [1.82, 2.24) is 15.3 Å². The largest absolute Gasteiger partial charge is 0.368 e.